The number of nitrogens with two attached hydrogens (primary N) is 1. The van der Waals surface area contributed by atoms with E-state index in [0.29, 0.717) is 29.0 Å². The SMILES string of the molecule is CC(C)Oc1cccc(C#Cc2[nH]nc3nc(N4CCC5(CC4)CO[C@@H](C)[C@H]5N)n4ccnc4c23)c1F. The monoisotopic (exact) mass is 503 g/mol. The fraction of sp³-hybridized carbons (Fsp3) is 0.444. The molecule has 2 atom stereocenters. The summed E-state index contributed by atoms with van der Waals surface area (Å²) >= 11 is 0. The Bertz CT molecular complexity index is 1520. The molecule has 1 aromatic carbocycles. The number of ether oxygens (including phenoxy) is 2. The standard InChI is InChI=1S/C27H30FN7O2/c1-16(2)37-20-6-4-5-18(22(20)28)7-8-19-21-24(33-32-19)31-26(35-14-11-30-25(21)35)34-12-9-27(10-13-34)15-36-17(3)23(27)29/h4-6,11,14,16-17,23H,9-10,12-13,15,29H2,1-3H3,(H,32,33)/t17-,23+/m0/s1. The Morgan fingerprint density at radius 3 is 2.81 bits per heavy atom. The molecule has 0 saturated carbocycles. The lowest BCUT2D eigenvalue weighted by Gasteiger charge is -2.41. The molecule has 3 N–H and O–H groups in total. The van der Waals surface area contributed by atoms with E-state index in [1.54, 1.807) is 24.4 Å². The molecule has 2 aliphatic heterocycles. The lowest BCUT2D eigenvalue weighted by Crippen LogP contribution is -2.51. The lowest BCUT2D eigenvalue weighted by molar-refractivity contribution is 0.0973. The minimum Gasteiger partial charge on any atom is -0.488 e. The van der Waals surface area contributed by atoms with Crippen LogP contribution in [0.25, 0.3) is 16.7 Å². The number of halogens is 1. The molecule has 3 aromatic heterocycles. The van der Waals surface area contributed by atoms with Gasteiger partial charge in [-0.3, -0.25) is 9.50 Å². The van der Waals surface area contributed by atoms with Gasteiger partial charge in [0.1, 0.15) is 5.69 Å². The Morgan fingerprint density at radius 1 is 1.27 bits per heavy atom. The number of aromatic amines is 1. The third kappa shape index (κ3) is 3.99. The van der Waals surface area contributed by atoms with Crippen LogP contribution in [0.1, 0.15) is 44.9 Å². The average Bonchev–Trinajstić information content (AvgIpc) is 3.59. The highest BCUT2D eigenvalue weighted by molar-refractivity contribution is 5.94. The normalized spacial score (nSPS) is 21.2. The topological polar surface area (TPSA) is 107 Å². The summed E-state index contributed by atoms with van der Waals surface area (Å²) in [5, 5.41) is 8.08. The van der Waals surface area contributed by atoms with Crippen molar-refractivity contribution >= 4 is 22.6 Å². The number of benzene rings is 1. The van der Waals surface area contributed by atoms with E-state index < -0.39 is 5.82 Å². The van der Waals surface area contributed by atoms with Crippen LogP contribution in [0.3, 0.4) is 0 Å². The molecule has 37 heavy (non-hydrogen) atoms. The zero-order valence-electron chi connectivity index (χ0n) is 21.2. The molecule has 5 heterocycles. The Morgan fingerprint density at radius 2 is 2.08 bits per heavy atom. The van der Waals surface area contributed by atoms with Crippen LogP contribution >= 0.6 is 0 Å². The first-order chi connectivity index (χ1) is 17.9. The number of rotatable bonds is 3. The van der Waals surface area contributed by atoms with Crippen LogP contribution in [0.2, 0.25) is 0 Å². The van der Waals surface area contributed by atoms with Gasteiger partial charge in [-0.15, -0.1) is 0 Å². The summed E-state index contributed by atoms with van der Waals surface area (Å²) in [6, 6.07) is 5.00. The quantitative estimate of drug-likeness (QED) is 0.413. The van der Waals surface area contributed by atoms with Crippen molar-refractivity contribution in [2.45, 2.75) is 51.9 Å². The summed E-state index contributed by atoms with van der Waals surface area (Å²) in [6.45, 7) is 8.11. The van der Waals surface area contributed by atoms with Gasteiger partial charge in [-0.1, -0.05) is 12.0 Å². The first kappa shape index (κ1) is 23.7. The third-order valence-electron chi connectivity index (χ3n) is 7.57. The molecule has 192 valence electrons. The number of imidazole rings is 1. The van der Waals surface area contributed by atoms with E-state index in [0.717, 1.165) is 31.9 Å². The molecular weight excluding hydrogens is 473 g/mol. The molecule has 10 heteroatoms. The van der Waals surface area contributed by atoms with Crippen LogP contribution in [0, 0.1) is 23.1 Å². The van der Waals surface area contributed by atoms with E-state index in [-0.39, 0.29) is 35.0 Å². The van der Waals surface area contributed by atoms with E-state index in [1.807, 2.05) is 24.4 Å². The first-order valence-electron chi connectivity index (χ1n) is 12.7. The van der Waals surface area contributed by atoms with Gasteiger partial charge in [0.2, 0.25) is 5.95 Å². The maximum Gasteiger partial charge on any atom is 0.213 e. The van der Waals surface area contributed by atoms with E-state index in [4.69, 9.17) is 20.2 Å². The van der Waals surface area contributed by atoms with Crippen LogP contribution in [-0.2, 0) is 4.74 Å². The predicted molar refractivity (Wildman–Crippen MR) is 138 cm³/mol. The molecule has 6 rings (SSSR count). The lowest BCUT2D eigenvalue weighted by atomic mass is 9.73. The molecule has 0 bridgehead atoms. The highest BCUT2D eigenvalue weighted by Crippen LogP contribution is 2.42. The summed E-state index contributed by atoms with van der Waals surface area (Å²) in [5.41, 5.74) is 8.52. The minimum atomic E-state index is -0.483. The molecule has 2 saturated heterocycles. The Balaban J connectivity index is 1.32. The maximum atomic E-state index is 14.9. The Hall–Kier alpha value is -3.68. The predicted octanol–water partition coefficient (Wildman–Crippen LogP) is 3.26. The number of H-pyrrole nitrogens is 1. The van der Waals surface area contributed by atoms with Crippen LogP contribution in [0.5, 0.6) is 5.75 Å². The number of aromatic nitrogens is 5. The summed E-state index contributed by atoms with van der Waals surface area (Å²) in [4.78, 5) is 11.7. The smallest absolute Gasteiger partial charge is 0.213 e. The molecule has 0 aliphatic carbocycles. The molecule has 1 spiro atoms. The van der Waals surface area contributed by atoms with Gasteiger partial charge in [0.15, 0.2) is 22.9 Å². The second-order valence-corrected chi connectivity index (χ2v) is 10.3. The van der Waals surface area contributed by atoms with Gasteiger partial charge in [-0.05, 0) is 51.7 Å². The summed E-state index contributed by atoms with van der Waals surface area (Å²) in [7, 11) is 0. The van der Waals surface area contributed by atoms with Gasteiger partial charge >= 0.3 is 0 Å². The number of hydrogen-bond donors (Lipinski definition) is 2. The summed E-state index contributed by atoms with van der Waals surface area (Å²) < 4.78 is 28.3. The number of anilines is 1. The van der Waals surface area contributed by atoms with Crippen molar-refractivity contribution in [3.63, 3.8) is 0 Å². The largest absolute Gasteiger partial charge is 0.488 e. The first-order valence-corrected chi connectivity index (χ1v) is 12.7. The van der Waals surface area contributed by atoms with Crippen LogP contribution in [0.15, 0.2) is 30.6 Å². The van der Waals surface area contributed by atoms with Crippen molar-refractivity contribution in [3.8, 4) is 17.6 Å². The highest BCUT2D eigenvalue weighted by Gasteiger charge is 2.47. The van der Waals surface area contributed by atoms with Crippen molar-refractivity contribution in [1.82, 2.24) is 24.6 Å². The van der Waals surface area contributed by atoms with Crippen molar-refractivity contribution in [2.24, 2.45) is 11.1 Å². The van der Waals surface area contributed by atoms with Gasteiger partial charge in [-0.25, -0.2) is 9.37 Å². The van der Waals surface area contributed by atoms with Crippen LogP contribution in [0.4, 0.5) is 10.3 Å². The molecule has 4 aromatic rings. The van der Waals surface area contributed by atoms with E-state index in [1.165, 1.54) is 0 Å². The Kier molecular flexibility index (Phi) is 5.77. The number of piperidine rings is 1. The molecule has 0 radical (unpaired) electrons. The summed E-state index contributed by atoms with van der Waals surface area (Å²) in [5.74, 6) is 6.43. The number of fused-ring (bicyclic) bond motifs is 3. The second-order valence-electron chi connectivity index (χ2n) is 10.3. The van der Waals surface area contributed by atoms with E-state index >= 15 is 0 Å². The van der Waals surface area contributed by atoms with Gasteiger partial charge < -0.3 is 20.1 Å². The molecule has 0 amide bonds. The van der Waals surface area contributed by atoms with Gasteiger partial charge in [0.05, 0.1) is 29.8 Å². The van der Waals surface area contributed by atoms with Crippen molar-refractivity contribution < 1.29 is 13.9 Å². The van der Waals surface area contributed by atoms with Crippen LogP contribution < -0.4 is 15.4 Å². The summed E-state index contributed by atoms with van der Waals surface area (Å²) in [6.07, 6.45) is 5.46. The maximum absolute atomic E-state index is 14.9. The zero-order valence-corrected chi connectivity index (χ0v) is 21.2. The fourth-order valence-electron chi connectivity index (χ4n) is 5.44. The minimum absolute atomic E-state index is 0.0238. The number of nitrogens with zero attached hydrogens (tertiary/aromatic N) is 5. The fourth-order valence-corrected chi connectivity index (χ4v) is 5.44. The second kappa shape index (κ2) is 9.01. The van der Waals surface area contributed by atoms with Crippen molar-refractivity contribution in [3.05, 3.63) is 47.7 Å². The average molecular weight is 504 g/mol. The molecule has 9 nitrogen and oxygen atoms in total. The molecular formula is C27H30FN7O2. The van der Waals surface area contributed by atoms with Crippen molar-refractivity contribution in [2.75, 3.05) is 24.6 Å². The van der Waals surface area contributed by atoms with E-state index in [2.05, 4.69) is 38.8 Å². The number of hydrogen-bond acceptors (Lipinski definition) is 7. The highest BCUT2D eigenvalue weighted by atomic mass is 19.1. The van der Waals surface area contributed by atoms with Gasteiger partial charge in [-0.2, -0.15) is 10.1 Å². The third-order valence-corrected chi connectivity index (χ3v) is 7.57. The molecule has 2 fully saturated rings. The van der Waals surface area contributed by atoms with E-state index in [9.17, 15) is 4.39 Å². The number of nitrogens with one attached hydrogen (secondary N) is 1. The Labute approximate surface area is 214 Å². The molecule has 0 unspecified atom stereocenters. The molecule has 2 aliphatic rings. The zero-order chi connectivity index (χ0) is 25.7. The van der Waals surface area contributed by atoms with Crippen molar-refractivity contribution in [1.29, 1.82) is 0 Å². The van der Waals surface area contributed by atoms with Gasteiger partial charge in [0, 0.05) is 36.9 Å². The van der Waals surface area contributed by atoms with Crippen LogP contribution in [-0.4, -0.2) is 62.5 Å². The van der Waals surface area contributed by atoms with Gasteiger partial charge in [0.25, 0.3) is 0 Å².